The molecule has 0 spiro atoms. The predicted molar refractivity (Wildman–Crippen MR) is 93.9 cm³/mol. The third kappa shape index (κ3) is 3.80. The van der Waals surface area contributed by atoms with Gasteiger partial charge >= 0.3 is 0 Å². The van der Waals surface area contributed by atoms with Crippen LogP contribution >= 0.6 is 0 Å². The van der Waals surface area contributed by atoms with Crippen molar-refractivity contribution in [1.82, 2.24) is 10.2 Å². The van der Waals surface area contributed by atoms with E-state index < -0.39 is 0 Å². The summed E-state index contributed by atoms with van der Waals surface area (Å²) in [5.74, 6) is 0.373. The van der Waals surface area contributed by atoms with Crippen molar-refractivity contribution in [1.29, 1.82) is 0 Å². The maximum absolute atomic E-state index is 12.6. The molecule has 2 aromatic carbocycles. The van der Waals surface area contributed by atoms with Crippen LogP contribution in [0.15, 0.2) is 54.6 Å². The smallest absolute Gasteiger partial charge is 0.227 e. The van der Waals surface area contributed by atoms with Gasteiger partial charge in [0.25, 0.3) is 0 Å². The highest BCUT2D eigenvalue weighted by molar-refractivity contribution is 5.79. The summed E-state index contributed by atoms with van der Waals surface area (Å²) in [6, 6.07) is 18.7. The molecule has 3 heteroatoms. The number of benzene rings is 2. The Morgan fingerprint density at radius 1 is 1.13 bits per heavy atom. The second-order valence-electron chi connectivity index (χ2n) is 6.26. The normalized spacial score (nSPS) is 17.7. The van der Waals surface area contributed by atoms with E-state index in [-0.39, 0.29) is 11.8 Å². The molecule has 1 N–H and O–H groups in total. The van der Waals surface area contributed by atoms with E-state index >= 15 is 0 Å². The molecule has 120 valence electrons. The maximum atomic E-state index is 12.6. The largest absolute Gasteiger partial charge is 0.341 e. The number of carbonyl (C=O) groups excluding carboxylic acids is 1. The van der Waals surface area contributed by atoms with Crippen LogP contribution in [0.25, 0.3) is 11.1 Å². The van der Waals surface area contributed by atoms with Gasteiger partial charge in [0, 0.05) is 20.1 Å². The fourth-order valence-electron chi connectivity index (χ4n) is 3.27. The summed E-state index contributed by atoms with van der Waals surface area (Å²) in [6.45, 7) is 2.49. The second-order valence-corrected chi connectivity index (χ2v) is 6.26. The Bertz CT molecular complexity index is 648. The standard InChI is InChI=1S/C20H24N2O/c1-22(20(23)17-11-7-13-21-14-17)15-18-10-5-6-12-19(18)16-8-3-2-4-9-16/h2-6,8-10,12,17,21H,7,11,13-15H2,1H3. The van der Waals surface area contributed by atoms with Crippen LogP contribution in [0.5, 0.6) is 0 Å². The van der Waals surface area contributed by atoms with Gasteiger partial charge in [0.05, 0.1) is 5.92 Å². The molecule has 1 atom stereocenters. The van der Waals surface area contributed by atoms with E-state index in [1.165, 1.54) is 16.7 Å². The summed E-state index contributed by atoms with van der Waals surface area (Å²) in [4.78, 5) is 14.5. The molecule has 1 heterocycles. The van der Waals surface area contributed by atoms with Gasteiger partial charge < -0.3 is 10.2 Å². The van der Waals surface area contributed by atoms with E-state index in [1.807, 2.05) is 24.1 Å². The summed E-state index contributed by atoms with van der Waals surface area (Å²) in [7, 11) is 1.92. The molecular formula is C20H24N2O. The number of hydrogen-bond donors (Lipinski definition) is 1. The molecule has 2 aromatic rings. The summed E-state index contributed by atoms with van der Waals surface area (Å²) in [5, 5.41) is 3.32. The van der Waals surface area contributed by atoms with Crippen LogP contribution in [0.1, 0.15) is 18.4 Å². The monoisotopic (exact) mass is 308 g/mol. The van der Waals surface area contributed by atoms with E-state index in [2.05, 4.69) is 47.8 Å². The third-order valence-electron chi connectivity index (χ3n) is 4.53. The fourth-order valence-corrected chi connectivity index (χ4v) is 3.27. The van der Waals surface area contributed by atoms with E-state index in [0.717, 1.165) is 25.9 Å². The zero-order valence-electron chi connectivity index (χ0n) is 13.7. The van der Waals surface area contributed by atoms with Crippen molar-refractivity contribution in [2.75, 3.05) is 20.1 Å². The highest BCUT2D eigenvalue weighted by Gasteiger charge is 2.24. The van der Waals surface area contributed by atoms with Crippen molar-refractivity contribution in [3.05, 3.63) is 60.2 Å². The van der Waals surface area contributed by atoms with Gasteiger partial charge in [-0.2, -0.15) is 0 Å². The van der Waals surface area contributed by atoms with Crippen molar-refractivity contribution in [2.45, 2.75) is 19.4 Å². The van der Waals surface area contributed by atoms with E-state index in [1.54, 1.807) is 0 Å². The molecule has 0 radical (unpaired) electrons. The predicted octanol–water partition coefficient (Wildman–Crippen LogP) is 3.31. The molecule has 1 aliphatic rings. The molecule has 0 saturated carbocycles. The third-order valence-corrected chi connectivity index (χ3v) is 4.53. The van der Waals surface area contributed by atoms with Crippen LogP contribution in [0.3, 0.4) is 0 Å². The van der Waals surface area contributed by atoms with Crippen molar-refractivity contribution >= 4 is 5.91 Å². The Hall–Kier alpha value is -2.13. The minimum Gasteiger partial charge on any atom is -0.341 e. The number of nitrogens with zero attached hydrogens (tertiary/aromatic N) is 1. The van der Waals surface area contributed by atoms with Crippen LogP contribution in [0, 0.1) is 5.92 Å². The summed E-state index contributed by atoms with van der Waals surface area (Å²) in [6.07, 6.45) is 2.08. The number of rotatable bonds is 4. The molecule has 3 rings (SSSR count). The van der Waals surface area contributed by atoms with Gasteiger partial charge in [-0.15, -0.1) is 0 Å². The van der Waals surface area contributed by atoms with Gasteiger partial charge in [-0.3, -0.25) is 4.79 Å². The van der Waals surface area contributed by atoms with Crippen LogP contribution < -0.4 is 5.32 Å². The van der Waals surface area contributed by atoms with Gasteiger partial charge in [-0.1, -0.05) is 54.6 Å². The fraction of sp³-hybridized carbons (Fsp3) is 0.350. The van der Waals surface area contributed by atoms with Crippen molar-refractivity contribution < 1.29 is 4.79 Å². The summed E-state index contributed by atoms with van der Waals surface area (Å²) in [5.41, 5.74) is 3.59. The minimum atomic E-state index is 0.123. The molecule has 0 aromatic heterocycles. The van der Waals surface area contributed by atoms with E-state index in [4.69, 9.17) is 0 Å². The lowest BCUT2D eigenvalue weighted by Gasteiger charge is -2.27. The highest BCUT2D eigenvalue weighted by Crippen LogP contribution is 2.25. The van der Waals surface area contributed by atoms with Crippen molar-refractivity contribution in [3.63, 3.8) is 0 Å². The maximum Gasteiger partial charge on any atom is 0.227 e. The van der Waals surface area contributed by atoms with Crippen molar-refractivity contribution in [3.8, 4) is 11.1 Å². The zero-order chi connectivity index (χ0) is 16.1. The van der Waals surface area contributed by atoms with Crippen LogP contribution in [0.2, 0.25) is 0 Å². The number of piperidine rings is 1. The Kier molecular flexibility index (Phi) is 5.09. The number of amides is 1. The Balaban J connectivity index is 1.76. The Labute approximate surface area is 138 Å². The van der Waals surface area contributed by atoms with Crippen LogP contribution in [-0.4, -0.2) is 30.9 Å². The van der Waals surface area contributed by atoms with E-state index in [9.17, 15) is 4.79 Å². The van der Waals surface area contributed by atoms with Gasteiger partial charge in [0.2, 0.25) is 5.91 Å². The zero-order valence-corrected chi connectivity index (χ0v) is 13.7. The first-order valence-electron chi connectivity index (χ1n) is 8.35. The van der Waals surface area contributed by atoms with Gasteiger partial charge in [-0.05, 0) is 36.1 Å². The summed E-state index contributed by atoms with van der Waals surface area (Å²) < 4.78 is 0. The van der Waals surface area contributed by atoms with Gasteiger partial charge in [0.15, 0.2) is 0 Å². The molecule has 0 aliphatic carbocycles. The molecule has 1 aliphatic heterocycles. The average Bonchev–Trinajstić information content (AvgIpc) is 2.63. The van der Waals surface area contributed by atoms with Crippen LogP contribution in [0.4, 0.5) is 0 Å². The minimum absolute atomic E-state index is 0.123. The molecule has 23 heavy (non-hydrogen) atoms. The summed E-state index contributed by atoms with van der Waals surface area (Å²) >= 11 is 0. The molecule has 1 amide bonds. The first-order valence-corrected chi connectivity index (χ1v) is 8.35. The lowest BCUT2D eigenvalue weighted by molar-refractivity contribution is -0.135. The van der Waals surface area contributed by atoms with Crippen molar-refractivity contribution in [2.24, 2.45) is 5.92 Å². The number of hydrogen-bond acceptors (Lipinski definition) is 2. The van der Waals surface area contributed by atoms with Gasteiger partial charge in [0.1, 0.15) is 0 Å². The lowest BCUT2D eigenvalue weighted by Crippen LogP contribution is -2.41. The topological polar surface area (TPSA) is 32.3 Å². The number of nitrogens with one attached hydrogen (secondary N) is 1. The first kappa shape index (κ1) is 15.8. The molecule has 1 unspecified atom stereocenters. The number of carbonyl (C=O) groups is 1. The highest BCUT2D eigenvalue weighted by atomic mass is 16.2. The Morgan fingerprint density at radius 2 is 1.87 bits per heavy atom. The quantitative estimate of drug-likeness (QED) is 0.940. The molecule has 0 bridgehead atoms. The molecule has 1 fully saturated rings. The first-order chi connectivity index (χ1) is 11.3. The lowest BCUT2D eigenvalue weighted by atomic mass is 9.96. The van der Waals surface area contributed by atoms with Gasteiger partial charge in [-0.25, -0.2) is 0 Å². The molecule has 3 nitrogen and oxygen atoms in total. The second kappa shape index (κ2) is 7.42. The molecule has 1 saturated heterocycles. The van der Waals surface area contributed by atoms with E-state index in [0.29, 0.717) is 6.54 Å². The SMILES string of the molecule is CN(Cc1ccccc1-c1ccccc1)C(=O)C1CCCNC1. The van der Waals surface area contributed by atoms with Crippen LogP contribution in [-0.2, 0) is 11.3 Å². The Morgan fingerprint density at radius 3 is 2.61 bits per heavy atom. The average molecular weight is 308 g/mol. The molecular weight excluding hydrogens is 284 g/mol.